The van der Waals surface area contributed by atoms with Crippen molar-refractivity contribution in [2.24, 2.45) is 11.0 Å². The first-order valence-electron chi connectivity index (χ1n) is 9.43. The predicted octanol–water partition coefficient (Wildman–Crippen LogP) is 4.34. The van der Waals surface area contributed by atoms with Crippen LogP contribution in [0.2, 0.25) is 5.02 Å². The number of hydrogen-bond donors (Lipinski definition) is 0. The maximum Gasteiger partial charge on any atom is 0.309 e. The molecule has 1 aromatic heterocycles. The number of ether oxygens (including phenoxy) is 1. The minimum Gasteiger partial charge on any atom is -0.467 e. The lowest BCUT2D eigenvalue weighted by Gasteiger charge is -2.27. The summed E-state index contributed by atoms with van der Waals surface area (Å²) in [5, 5.41) is 6.55. The molecule has 2 atom stereocenters. The third kappa shape index (κ3) is 3.69. The van der Waals surface area contributed by atoms with Gasteiger partial charge in [0.15, 0.2) is 6.10 Å². The van der Waals surface area contributed by atoms with Crippen molar-refractivity contribution in [2.75, 3.05) is 0 Å². The summed E-state index contributed by atoms with van der Waals surface area (Å²) in [5.74, 6) is -0.109. The van der Waals surface area contributed by atoms with Gasteiger partial charge >= 0.3 is 5.97 Å². The first kappa shape index (κ1) is 18.7. The van der Waals surface area contributed by atoms with E-state index in [1.54, 1.807) is 31.4 Å². The lowest BCUT2D eigenvalue weighted by Crippen LogP contribution is -2.39. The van der Waals surface area contributed by atoms with Crippen LogP contribution < -0.4 is 0 Å². The third-order valence-corrected chi connectivity index (χ3v) is 5.52. The Morgan fingerprint density at radius 1 is 1.25 bits per heavy atom. The Kier molecular flexibility index (Phi) is 5.22. The van der Waals surface area contributed by atoms with Crippen molar-refractivity contribution in [3.8, 4) is 0 Å². The molecule has 0 spiro atoms. The highest BCUT2D eigenvalue weighted by molar-refractivity contribution is 6.30. The number of halogens is 1. The highest BCUT2D eigenvalue weighted by Gasteiger charge is 2.38. The molecule has 2 heterocycles. The van der Waals surface area contributed by atoms with E-state index in [1.165, 1.54) is 5.01 Å². The first-order chi connectivity index (χ1) is 13.5. The van der Waals surface area contributed by atoms with E-state index in [9.17, 15) is 9.59 Å². The van der Waals surface area contributed by atoms with Crippen LogP contribution in [0.1, 0.15) is 50.0 Å². The first-order valence-corrected chi connectivity index (χ1v) is 9.81. The number of hydrazone groups is 1. The van der Waals surface area contributed by atoms with Crippen LogP contribution in [0.3, 0.4) is 0 Å². The molecule has 0 saturated heterocycles. The van der Waals surface area contributed by atoms with E-state index in [2.05, 4.69) is 5.10 Å². The highest BCUT2D eigenvalue weighted by Crippen LogP contribution is 2.34. The molecular weight excluding hydrogens is 380 g/mol. The molecule has 4 rings (SSSR count). The Morgan fingerprint density at radius 2 is 2.00 bits per heavy atom. The van der Waals surface area contributed by atoms with Crippen LogP contribution in [0.15, 0.2) is 52.2 Å². The van der Waals surface area contributed by atoms with E-state index in [4.69, 9.17) is 20.8 Å². The highest BCUT2D eigenvalue weighted by atomic mass is 35.5. The average molecular weight is 401 g/mol. The minimum absolute atomic E-state index is 0.0807. The molecule has 1 saturated carbocycles. The molecule has 7 heteroatoms. The molecule has 1 aliphatic carbocycles. The molecule has 1 aliphatic heterocycles. The number of hydrogen-bond acceptors (Lipinski definition) is 5. The summed E-state index contributed by atoms with van der Waals surface area (Å²) in [4.78, 5) is 25.1. The van der Waals surface area contributed by atoms with Crippen molar-refractivity contribution >= 4 is 29.2 Å². The number of benzene rings is 1. The van der Waals surface area contributed by atoms with Gasteiger partial charge in [-0.05, 0) is 49.6 Å². The Morgan fingerprint density at radius 3 is 2.61 bits per heavy atom. The Bertz CT molecular complexity index is 888. The summed E-state index contributed by atoms with van der Waals surface area (Å²) in [7, 11) is 0. The number of esters is 1. The Balaban J connectivity index is 1.55. The topological polar surface area (TPSA) is 72.1 Å². The second-order valence-electron chi connectivity index (χ2n) is 7.18. The quantitative estimate of drug-likeness (QED) is 0.700. The fourth-order valence-corrected chi connectivity index (χ4v) is 3.51. The van der Waals surface area contributed by atoms with Gasteiger partial charge < -0.3 is 9.15 Å². The molecular formula is C21H21ClN2O4. The van der Waals surface area contributed by atoms with Gasteiger partial charge in [0.25, 0.3) is 5.91 Å². The Labute approximate surface area is 168 Å². The van der Waals surface area contributed by atoms with E-state index in [1.807, 2.05) is 18.2 Å². The minimum atomic E-state index is -0.904. The summed E-state index contributed by atoms with van der Waals surface area (Å²) in [6, 6.07) is 10.5. The normalized spacial score (nSPS) is 20.4. The van der Waals surface area contributed by atoms with Gasteiger partial charge in [0.05, 0.1) is 17.9 Å². The van der Waals surface area contributed by atoms with Crippen molar-refractivity contribution < 1.29 is 18.7 Å². The van der Waals surface area contributed by atoms with Crippen LogP contribution in [0.25, 0.3) is 0 Å². The second-order valence-corrected chi connectivity index (χ2v) is 7.62. The second kappa shape index (κ2) is 7.80. The van der Waals surface area contributed by atoms with Gasteiger partial charge in [-0.25, -0.2) is 5.01 Å². The summed E-state index contributed by atoms with van der Waals surface area (Å²) >= 11 is 5.97. The van der Waals surface area contributed by atoms with Crippen LogP contribution in [-0.4, -0.2) is 28.7 Å². The lowest BCUT2D eigenvalue weighted by molar-refractivity contribution is -0.165. The summed E-state index contributed by atoms with van der Waals surface area (Å²) in [6.07, 6.45) is 3.86. The van der Waals surface area contributed by atoms with Gasteiger partial charge in [0.2, 0.25) is 0 Å². The van der Waals surface area contributed by atoms with Gasteiger partial charge in [0, 0.05) is 11.4 Å². The van der Waals surface area contributed by atoms with Gasteiger partial charge in [0.1, 0.15) is 11.8 Å². The molecule has 0 radical (unpaired) electrons. The van der Waals surface area contributed by atoms with Gasteiger partial charge in [-0.2, -0.15) is 5.10 Å². The molecule has 1 aromatic carbocycles. The van der Waals surface area contributed by atoms with Crippen molar-refractivity contribution in [2.45, 2.75) is 44.8 Å². The van der Waals surface area contributed by atoms with Crippen LogP contribution in [0, 0.1) is 5.92 Å². The van der Waals surface area contributed by atoms with Crippen LogP contribution in [-0.2, 0) is 14.3 Å². The summed E-state index contributed by atoms with van der Waals surface area (Å²) < 4.78 is 10.9. The largest absolute Gasteiger partial charge is 0.467 e. The van der Waals surface area contributed by atoms with E-state index < -0.39 is 6.10 Å². The van der Waals surface area contributed by atoms with E-state index in [-0.39, 0.29) is 23.8 Å². The molecule has 1 fully saturated rings. The van der Waals surface area contributed by atoms with Crippen LogP contribution >= 0.6 is 11.6 Å². The number of furan rings is 1. The molecule has 0 bridgehead atoms. The Hall–Kier alpha value is -2.60. The molecule has 146 valence electrons. The average Bonchev–Trinajstić information content (AvgIpc) is 3.29. The fourth-order valence-electron chi connectivity index (χ4n) is 3.38. The SMILES string of the molecule is C[C@@H](OC(=O)C1CCC1)C(=O)N1N=C(c2ccc(Cl)cc2)C[C@@H]1c1ccco1. The fraction of sp³-hybridized carbons (Fsp3) is 0.381. The maximum absolute atomic E-state index is 13.0. The molecule has 1 amide bonds. The van der Waals surface area contributed by atoms with Crippen molar-refractivity contribution in [1.82, 2.24) is 5.01 Å². The number of carbonyl (C=O) groups is 2. The predicted molar refractivity (Wildman–Crippen MR) is 104 cm³/mol. The van der Waals surface area contributed by atoms with Gasteiger partial charge in [-0.3, -0.25) is 9.59 Å². The molecule has 2 aliphatic rings. The monoisotopic (exact) mass is 400 g/mol. The lowest BCUT2D eigenvalue weighted by atomic mass is 9.86. The third-order valence-electron chi connectivity index (χ3n) is 5.26. The van der Waals surface area contributed by atoms with E-state index >= 15 is 0 Å². The number of rotatable bonds is 5. The maximum atomic E-state index is 13.0. The summed E-state index contributed by atoms with van der Waals surface area (Å²) in [5.41, 5.74) is 1.64. The van der Waals surface area contributed by atoms with E-state index in [0.29, 0.717) is 17.2 Å². The number of amides is 1. The molecule has 2 aromatic rings. The molecule has 0 N–H and O–H groups in total. The van der Waals surface area contributed by atoms with Crippen molar-refractivity contribution in [1.29, 1.82) is 0 Å². The zero-order valence-corrected chi connectivity index (χ0v) is 16.3. The molecule has 28 heavy (non-hydrogen) atoms. The molecule has 0 unspecified atom stereocenters. The summed E-state index contributed by atoms with van der Waals surface area (Å²) in [6.45, 7) is 1.59. The van der Waals surface area contributed by atoms with E-state index in [0.717, 1.165) is 30.5 Å². The van der Waals surface area contributed by atoms with Crippen molar-refractivity contribution in [3.05, 3.63) is 59.0 Å². The molecule has 6 nitrogen and oxygen atoms in total. The number of carbonyl (C=O) groups excluding carboxylic acids is 2. The smallest absolute Gasteiger partial charge is 0.309 e. The van der Waals surface area contributed by atoms with Gasteiger partial charge in [-0.1, -0.05) is 30.2 Å². The van der Waals surface area contributed by atoms with Crippen LogP contribution in [0.4, 0.5) is 0 Å². The standard InChI is InChI=1S/C21H21ClN2O4/c1-13(28-21(26)15-4-2-5-15)20(25)24-18(19-6-3-11-27-19)12-17(23-24)14-7-9-16(22)10-8-14/h3,6-11,13,15,18H,2,4-5,12H2,1H3/t13-,18-/m1/s1. The zero-order valence-electron chi connectivity index (χ0n) is 15.5. The van der Waals surface area contributed by atoms with Crippen LogP contribution in [0.5, 0.6) is 0 Å². The van der Waals surface area contributed by atoms with Crippen molar-refractivity contribution in [3.63, 3.8) is 0 Å². The number of nitrogens with zero attached hydrogens (tertiary/aromatic N) is 2. The van der Waals surface area contributed by atoms with Gasteiger partial charge in [-0.15, -0.1) is 0 Å². The zero-order chi connectivity index (χ0) is 19.7.